The molecule has 3 heterocycles. The molecule has 0 bridgehead atoms. The average molecular weight is 364 g/mol. The maximum Gasteiger partial charge on any atom is 0.336 e. The summed E-state index contributed by atoms with van der Waals surface area (Å²) in [5, 5.41) is 0.812. The molecule has 1 fully saturated rings. The fraction of sp³-hybridized carbons (Fsp3) is 0.300. The van der Waals surface area contributed by atoms with Crippen LogP contribution < -0.4 is 10.5 Å². The van der Waals surface area contributed by atoms with Gasteiger partial charge < -0.3 is 14.2 Å². The molecule has 1 saturated heterocycles. The Morgan fingerprint density at radius 2 is 1.96 bits per heavy atom. The maximum absolute atomic E-state index is 12.8. The number of benzene rings is 1. The lowest BCUT2D eigenvalue weighted by atomic mass is 10.0. The SMILES string of the molecule is Cc1ccc2c(CC(=O)N3CCN(c4cnccn4)CC3)cc(=O)oc2c1. The van der Waals surface area contributed by atoms with Gasteiger partial charge in [-0.3, -0.25) is 9.78 Å². The molecule has 7 nitrogen and oxygen atoms in total. The van der Waals surface area contributed by atoms with E-state index in [2.05, 4.69) is 14.9 Å². The van der Waals surface area contributed by atoms with E-state index in [0.29, 0.717) is 37.3 Å². The number of aromatic nitrogens is 2. The van der Waals surface area contributed by atoms with Gasteiger partial charge in [-0.1, -0.05) is 12.1 Å². The minimum absolute atomic E-state index is 0.0151. The average Bonchev–Trinajstić information content (AvgIpc) is 2.68. The van der Waals surface area contributed by atoms with E-state index in [9.17, 15) is 9.59 Å². The molecule has 0 atom stereocenters. The van der Waals surface area contributed by atoms with Gasteiger partial charge in [0.15, 0.2) is 0 Å². The van der Waals surface area contributed by atoms with Gasteiger partial charge >= 0.3 is 5.63 Å². The highest BCUT2D eigenvalue weighted by Crippen LogP contribution is 2.20. The fourth-order valence-electron chi connectivity index (χ4n) is 3.40. The van der Waals surface area contributed by atoms with Gasteiger partial charge in [-0.25, -0.2) is 9.78 Å². The molecular formula is C20H20N4O3. The predicted octanol–water partition coefficient (Wildman–Crippen LogP) is 1.78. The standard InChI is InChI=1S/C20H20N4O3/c1-14-2-3-16-15(12-20(26)27-17(16)10-14)11-19(25)24-8-6-23(7-9-24)18-13-21-4-5-22-18/h2-5,10,12-13H,6-9,11H2,1H3. The van der Waals surface area contributed by atoms with E-state index < -0.39 is 5.63 Å². The number of hydrogen-bond donors (Lipinski definition) is 0. The highest BCUT2D eigenvalue weighted by Gasteiger charge is 2.22. The van der Waals surface area contributed by atoms with E-state index in [-0.39, 0.29) is 12.3 Å². The van der Waals surface area contributed by atoms with E-state index in [4.69, 9.17) is 4.42 Å². The van der Waals surface area contributed by atoms with E-state index in [1.807, 2.05) is 30.0 Å². The third-order valence-electron chi connectivity index (χ3n) is 4.83. The molecule has 138 valence electrons. The Kier molecular flexibility index (Phi) is 4.58. The highest BCUT2D eigenvalue weighted by molar-refractivity contribution is 5.87. The van der Waals surface area contributed by atoms with Crippen molar-refractivity contribution in [3.05, 3.63) is 64.4 Å². The molecule has 2 aromatic heterocycles. The van der Waals surface area contributed by atoms with Gasteiger partial charge in [0.05, 0.1) is 12.6 Å². The van der Waals surface area contributed by atoms with E-state index >= 15 is 0 Å². The quantitative estimate of drug-likeness (QED) is 0.659. The summed E-state index contributed by atoms with van der Waals surface area (Å²) >= 11 is 0. The van der Waals surface area contributed by atoms with Crippen molar-refractivity contribution < 1.29 is 9.21 Å². The summed E-state index contributed by atoms with van der Waals surface area (Å²) in [6.45, 7) is 4.60. The van der Waals surface area contributed by atoms with Gasteiger partial charge in [-0.15, -0.1) is 0 Å². The number of fused-ring (bicyclic) bond motifs is 1. The summed E-state index contributed by atoms with van der Waals surface area (Å²) in [6.07, 6.45) is 5.23. The number of hydrogen-bond acceptors (Lipinski definition) is 6. The third kappa shape index (κ3) is 3.67. The number of amides is 1. The van der Waals surface area contributed by atoms with Crippen molar-refractivity contribution >= 4 is 22.7 Å². The minimum Gasteiger partial charge on any atom is -0.423 e. The summed E-state index contributed by atoms with van der Waals surface area (Å²) < 4.78 is 5.27. The van der Waals surface area contributed by atoms with Gasteiger partial charge in [0.1, 0.15) is 11.4 Å². The predicted molar refractivity (Wildman–Crippen MR) is 102 cm³/mol. The van der Waals surface area contributed by atoms with Crippen LogP contribution in [-0.2, 0) is 11.2 Å². The zero-order valence-electron chi connectivity index (χ0n) is 15.1. The number of nitrogens with zero attached hydrogens (tertiary/aromatic N) is 4. The van der Waals surface area contributed by atoms with Crippen molar-refractivity contribution in [3.63, 3.8) is 0 Å². The number of carbonyl (C=O) groups is 1. The Labute approximate surface area is 156 Å². The topological polar surface area (TPSA) is 79.5 Å². The molecule has 0 spiro atoms. The molecule has 0 aliphatic carbocycles. The molecule has 1 aliphatic rings. The Morgan fingerprint density at radius 1 is 1.15 bits per heavy atom. The Morgan fingerprint density at radius 3 is 2.70 bits per heavy atom. The molecule has 0 N–H and O–H groups in total. The van der Waals surface area contributed by atoms with Crippen LogP contribution in [0.1, 0.15) is 11.1 Å². The molecule has 4 rings (SSSR count). The van der Waals surface area contributed by atoms with Gasteiger partial charge in [-0.2, -0.15) is 0 Å². The second-order valence-electron chi connectivity index (χ2n) is 6.70. The van der Waals surface area contributed by atoms with Crippen LogP contribution in [0.5, 0.6) is 0 Å². The van der Waals surface area contributed by atoms with Crippen molar-refractivity contribution in [2.24, 2.45) is 0 Å². The van der Waals surface area contributed by atoms with E-state index in [0.717, 1.165) is 16.8 Å². The second-order valence-corrected chi connectivity index (χ2v) is 6.70. The van der Waals surface area contributed by atoms with Crippen LogP contribution in [-0.4, -0.2) is 47.0 Å². The van der Waals surface area contributed by atoms with Crippen LogP contribution in [0.15, 0.2) is 52.1 Å². The number of rotatable bonds is 3. The normalized spacial score (nSPS) is 14.6. The first-order valence-corrected chi connectivity index (χ1v) is 8.92. The Hall–Kier alpha value is -3.22. The van der Waals surface area contributed by atoms with Crippen molar-refractivity contribution in [3.8, 4) is 0 Å². The largest absolute Gasteiger partial charge is 0.423 e. The summed E-state index contributed by atoms with van der Waals surface area (Å²) in [5.41, 5.74) is 1.82. The van der Waals surface area contributed by atoms with Crippen LogP contribution >= 0.6 is 0 Å². The zero-order chi connectivity index (χ0) is 18.8. The smallest absolute Gasteiger partial charge is 0.336 e. The van der Waals surface area contributed by atoms with Crippen LogP contribution in [0.2, 0.25) is 0 Å². The lowest BCUT2D eigenvalue weighted by Crippen LogP contribution is -2.49. The third-order valence-corrected chi connectivity index (χ3v) is 4.83. The number of aryl methyl sites for hydroxylation is 1. The van der Waals surface area contributed by atoms with Crippen molar-refractivity contribution in [1.29, 1.82) is 0 Å². The maximum atomic E-state index is 12.8. The number of piperazine rings is 1. The minimum atomic E-state index is -0.427. The van der Waals surface area contributed by atoms with Gasteiger partial charge in [0, 0.05) is 50.0 Å². The molecule has 0 unspecified atom stereocenters. The first-order chi connectivity index (χ1) is 13.1. The van der Waals surface area contributed by atoms with E-state index in [1.54, 1.807) is 18.6 Å². The molecule has 27 heavy (non-hydrogen) atoms. The molecular weight excluding hydrogens is 344 g/mol. The first-order valence-electron chi connectivity index (χ1n) is 8.92. The summed E-state index contributed by atoms with van der Waals surface area (Å²) in [7, 11) is 0. The van der Waals surface area contributed by atoms with Crippen molar-refractivity contribution in [2.45, 2.75) is 13.3 Å². The molecule has 1 aliphatic heterocycles. The summed E-state index contributed by atoms with van der Waals surface area (Å²) in [4.78, 5) is 37.0. The Bertz CT molecular complexity index is 1020. The molecule has 1 amide bonds. The molecule has 0 radical (unpaired) electrons. The first kappa shape index (κ1) is 17.2. The van der Waals surface area contributed by atoms with Gasteiger partial charge in [0.25, 0.3) is 0 Å². The van der Waals surface area contributed by atoms with E-state index in [1.165, 1.54) is 6.07 Å². The van der Waals surface area contributed by atoms with Crippen LogP contribution in [0, 0.1) is 6.92 Å². The van der Waals surface area contributed by atoms with Crippen molar-refractivity contribution in [1.82, 2.24) is 14.9 Å². The van der Waals surface area contributed by atoms with Crippen LogP contribution in [0.4, 0.5) is 5.82 Å². The fourth-order valence-corrected chi connectivity index (χ4v) is 3.40. The van der Waals surface area contributed by atoms with Crippen molar-refractivity contribution in [2.75, 3.05) is 31.1 Å². The summed E-state index contributed by atoms with van der Waals surface area (Å²) in [6, 6.07) is 7.11. The number of carbonyl (C=O) groups excluding carboxylic acids is 1. The highest BCUT2D eigenvalue weighted by atomic mass is 16.4. The lowest BCUT2D eigenvalue weighted by molar-refractivity contribution is -0.130. The second kappa shape index (κ2) is 7.19. The molecule has 0 saturated carbocycles. The molecule has 7 heteroatoms. The lowest BCUT2D eigenvalue weighted by Gasteiger charge is -2.35. The number of anilines is 1. The monoisotopic (exact) mass is 364 g/mol. The molecule has 1 aromatic carbocycles. The van der Waals surface area contributed by atoms with Gasteiger partial charge in [0.2, 0.25) is 5.91 Å². The van der Waals surface area contributed by atoms with Crippen LogP contribution in [0.3, 0.4) is 0 Å². The summed E-state index contributed by atoms with van der Waals surface area (Å²) in [5.74, 6) is 0.841. The van der Waals surface area contributed by atoms with Crippen LogP contribution in [0.25, 0.3) is 11.0 Å². The molecule has 3 aromatic rings. The Balaban J connectivity index is 1.47. The van der Waals surface area contributed by atoms with Gasteiger partial charge in [-0.05, 0) is 24.1 Å². The zero-order valence-corrected chi connectivity index (χ0v) is 15.1.